The number of nitrogens with one attached hydrogen (secondary N) is 2. The van der Waals surface area contributed by atoms with Crippen molar-refractivity contribution in [1.82, 2.24) is 0 Å². The third-order valence-corrected chi connectivity index (χ3v) is 4.23. The predicted molar refractivity (Wildman–Crippen MR) is 92.0 cm³/mol. The van der Waals surface area contributed by atoms with Crippen LogP contribution in [0.3, 0.4) is 0 Å². The zero-order chi connectivity index (χ0) is 15.4. The van der Waals surface area contributed by atoms with Gasteiger partial charge in [0.25, 0.3) is 0 Å². The first-order valence-electron chi connectivity index (χ1n) is 6.52. The predicted octanol–water partition coefficient (Wildman–Crippen LogP) is 4.98. The zero-order valence-corrected chi connectivity index (χ0v) is 14.2. The Labute approximate surface area is 137 Å². The molecule has 0 fully saturated rings. The second kappa shape index (κ2) is 6.96. The molecule has 0 heterocycles. The van der Waals surface area contributed by atoms with Gasteiger partial charge in [-0.1, -0.05) is 17.7 Å². The Morgan fingerprint density at radius 3 is 2.62 bits per heavy atom. The van der Waals surface area contributed by atoms with Crippen molar-refractivity contribution in [3.63, 3.8) is 0 Å². The first-order chi connectivity index (χ1) is 9.95. The van der Waals surface area contributed by atoms with Gasteiger partial charge in [0.1, 0.15) is 0 Å². The highest BCUT2D eigenvalue weighted by Gasteiger charge is 2.03. The Morgan fingerprint density at radius 1 is 1.24 bits per heavy atom. The van der Waals surface area contributed by atoms with Gasteiger partial charge in [-0.15, -0.1) is 0 Å². The van der Waals surface area contributed by atoms with Crippen LogP contribution in [-0.4, -0.2) is 5.91 Å². The van der Waals surface area contributed by atoms with Gasteiger partial charge in [-0.25, -0.2) is 0 Å². The highest BCUT2D eigenvalue weighted by molar-refractivity contribution is 9.10. The first-order valence-corrected chi connectivity index (χ1v) is 7.69. The molecule has 0 radical (unpaired) electrons. The Hall–Kier alpha value is -1.52. The van der Waals surface area contributed by atoms with E-state index in [1.165, 1.54) is 6.92 Å². The van der Waals surface area contributed by atoms with Gasteiger partial charge in [0.15, 0.2) is 0 Å². The van der Waals surface area contributed by atoms with Crippen molar-refractivity contribution >= 4 is 44.8 Å². The highest BCUT2D eigenvalue weighted by atomic mass is 79.9. The van der Waals surface area contributed by atoms with Crippen molar-refractivity contribution in [2.24, 2.45) is 0 Å². The SMILES string of the molecule is CC(=O)Nc1ccc(NCc2ccc(Cl)c(Br)c2)cc1C. The summed E-state index contributed by atoms with van der Waals surface area (Å²) in [5.74, 6) is -0.0650. The number of carbonyl (C=O) groups excluding carboxylic acids is 1. The van der Waals surface area contributed by atoms with Crippen LogP contribution in [0, 0.1) is 6.92 Å². The summed E-state index contributed by atoms with van der Waals surface area (Å²) in [6, 6.07) is 11.7. The van der Waals surface area contributed by atoms with Crippen LogP contribution in [0.5, 0.6) is 0 Å². The summed E-state index contributed by atoms with van der Waals surface area (Å²) in [6.07, 6.45) is 0. The molecule has 2 aromatic rings. The lowest BCUT2D eigenvalue weighted by atomic mass is 10.1. The molecule has 0 aliphatic rings. The van der Waals surface area contributed by atoms with Gasteiger partial charge in [0.2, 0.25) is 5.91 Å². The molecule has 0 aromatic heterocycles. The van der Waals surface area contributed by atoms with E-state index in [4.69, 9.17) is 11.6 Å². The van der Waals surface area contributed by atoms with Gasteiger partial charge < -0.3 is 10.6 Å². The standard InChI is InChI=1S/C16H16BrClN2O/c1-10-7-13(4-6-16(10)20-11(2)21)19-9-12-3-5-15(18)14(17)8-12/h3-8,19H,9H2,1-2H3,(H,20,21). The minimum Gasteiger partial charge on any atom is -0.381 e. The van der Waals surface area contributed by atoms with Gasteiger partial charge in [0, 0.05) is 29.3 Å². The summed E-state index contributed by atoms with van der Waals surface area (Å²) in [5, 5.41) is 6.86. The number of carbonyl (C=O) groups is 1. The van der Waals surface area contributed by atoms with E-state index < -0.39 is 0 Å². The van der Waals surface area contributed by atoms with Crippen molar-refractivity contribution in [3.05, 3.63) is 57.0 Å². The molecule has 0 atom stereocenters. The van der Waals surface area contributed by atoms with E-state index in [0.29, 0.717) is 11.6 Å². The molecule has 0 bridgehead atoms. The second-order valence-corrected chi connectivity index (χ2v) is 6.07. The molecule has 3 nitrogen and oxygen atoms in total. The molecule has 110 valence electrons. The number of aryl methyl sites for hydroxylation is 1. The van der Waals surface area contributed by atoms with E-state index in [2.05, 4.69) is 26.6 Å². The first kappa shape index (κ1) is 15.9. The van der Waals surface area contributed by atoms with Crippen LogP contribution in [0.1, 0.15) is 18.1 Å². The quantitative estimate of drug-likeness (QED) is 0.800. The molecule has 2 aromatic carbocycles. The summed E-state index contributed by atoms with van der Waals surface area (Å²) < 4.78 is 0.889. The summed E-state index contributed by atoms with van der Waals surface area (Å²) in [5.41, 5.74) is 4.00. The third kappa shape index (κ3) is 4.48. The Bertz CT molecular complexity index is 673. The average Bonchev–Trinajstić information content (AvgIpc) is 2.42. The molecule has 5 heteroatoms. The van der Waals surface area contributed by atoms with E-state index in [-0.39, 0.29) is 5.91 Å². The maximum atomic E-state index is 11.1. The number of anilines is 2. The minimum absolute atomic E-state index is 0.0650. The van der Waals surface area contributed by atoms with Crippen LogP contribution in [-0.2, 0) is 11.3 Å². The van der Waals surface area contributed by atoms with Crippen LogP contribution in [0.15, 0.2) is 40.9 Å². The third-order valence-electron chi connectivity index (χ3n) is 3.02. The van der Waals surface area contributed by atoms with Crippen LogP contribution >= 0.6 is 27.5 Å². The maximum absolute atomic E-state index is 11.1. The van der Waals surface area contributed by atoms with E-state index >= 15 is 0 Å². The van der Waals surface area contributed by atoms with Crippen molar-refractivity contribution < 1.29 is 4.79 Å². The number of rotatable bonds is 4. The summed E-state index contributed by atoms with van der Waals surface area (Å²) >= 11 is 9.39. The van der Waals surface area contributed by atoms with Crippen LogP contribution in [0.2, 0.25) is 5.02 Å². The smallest absolute Gasteiger partial charge is 0.221 e. The van der Waals surface area contributed by atoms with Gasteiger partial charge in [-0.2, -0.15) is 0 Å². The Morgan fingerprint density at radius 2 is 2.00 bits per heavy atom. The summed E-state index contributed by atoms with van der Waals surface area (Å²) in [6.45, 7) is 4.17. The van der Waals surface area contributed by atoms with E-state index in [1.807, 2.05) is 43.3 Å². The Balaban J connectivity index is 2.04. The monoisotopic (exact) mass is 366 g/mol. The normalized spacial score (nSPS) is 10.3. The fraction of sp³-hybridized carbons (Fsp3) is 0.188. The molecule has 0 spiro atoms. The van der Waals surface area contributed by atoms with Gasteiger partial charge in [-0.3, -0.25) is 4.79 Å². The minimum atomic E-state index is -0.0650. The highest BCUT2D eigenvalue weighted by Crippen LogP contribution is 2.24. The Kier molecular flexibility index (Phi) is 5.26. The molecule has 0 aliphatic carbocycles. The lowest BCUT2D eigenvalue weighted by molar-refractivity contribution is -0.114. The summed E-state index contributed by atoms with van der Waals surface area (Å²) in [7, 11) is 0. The molecule has 0 saturated carbocycles. The van der Waals surface area contributed by atoms with Crippen molar-refractivity contribution in [2.45, 2.75) is 20.4 Å². The fourth-order valence-corrected chi connectivity index (χ4v) is 2.50. The number of hydrogen-bond acceptors (Lipinski definition) is 2. The van der Waals surface area contributed by atoms with E-state index in [0.717, 1.165) is 27.0 Å². The molecule has 0 unspecified atom stereocenters. The van der Waals surface area contributed by atoms with Gasteiger partial charge >= 0.3 is 0 Å². The van der Waals surface area contributed by atoms with Crippen molar-refractivity contribution in [2.75, 3.05) is 10.6 Å². The maximum Gasteiger partial charge on any atom is 0.221 e. The van der Waals surface area contributed by atoms with E-state index in [1.54, 1.807) is 0 Å². The molecule has 0 saturated heterocycles. The average molecular weight is 368 g/mol. The zero-order valence-electron chi connectivity index (χ0n) is 11.8. The molecule has 1 amide bonds. The molecular weight excluding hydrogens is 352 g/mol. The summed E-state index contributed by atoms with van der Waals surface area (Å²) in [4.78, 5) is 11.1. The second-order valence-electron chi connectivity index (χ2n) is 4.81. The fourth-order valence-electron chi connectivity index (χ4n) is 1.96. The van der Waals surface area contributed by atoms with Crippen LogP contribution in [0.4, 0.5) is 11.4 Å². The van der Waals surface area contributed by atoms with E-state index in [9.17, 15) is 4.79 Å². The molecule has 0 aliphatic heterocycles. The topological polar surface area (TPSA) is 41.1 Å². The van der Waals surface area contributed by atoms with Crippen LogP contribution < -0.4 is 10.6 Å². The number of benzene rings is 2. The molecule has 21 heavy (non-hydrogen) atoms. The molecular formula is C16H16BrClN2O. The molecule has 2 rings (SSSR count). The van der Waals surface area contributed by atoms with Gasteiger partial charge in [-0.05, 0) is 64.3 Å². The van der Waals surface area contributed by atoms with Crippen molar-refractivity contribution in [1.29, 1.82) is 0 Å². The number of hydrogen-bond donors (Lipinski definition) is 2. The van der Waals surface area contributed by atoms with Crippen molar-refractivity contribution in [3.8, 4) is 0 Å². The van der Waals surface area contributed by atoms with Crippen LogP contribution in [0.25, 0.3) is 0 Å². The largest absolute Gasteiger partial charge is 0.381 e. The number of halogens is 2. The molecule has 2 N–H and O–H groups in total. The lowest BCUT2D eigenvalue weighted by Gasteiger charge is -2.11. The van der Waals surface area contributed by atoms with Gasteiger partial charge in [0.05, 0.1) is 5.02 Å². The lowest BCUT2D eigenvalue weighted by Crippen LogP contribution is -2.07. The number of amides is 1.